The summed E-state index contributed by atoms with van der Waals surface area (Å²) in [5, 5.41) is 18.7. The van der Waals surface area contributed by atoms with E-state index in [2.05, 4.69) is 9.97 Å². The van der Waals surface area contributed by atoms with Crippen LogP contribution in [-0.4, -0.2) is 62.8 Å². The number of ether oxygens (including phenoxy) is 5. The molecule has 0 radical (unpaired) electrons. The Balaban J connectivity index is 1.93. The smallest absolute Gasteiger partial charge is 0.177 e. The first kappa shape index (κ1) is 23.4. The average molecular weight is 438 g/mol. The van der Waals surface area contributed by atoms with Crippen molar-refractivity contribution >= 4 is 0 Å². The highest BCUT2D eigenvalue weighted by Gasteiger charge is 2.19. The number of nitriles is 2. The van der Waals surface area contributed by atoms with E-state index in [0.717, 1.165) is 0 Å². The summed E-state index contributed by atoms with van der Waals surface area (Å²) in [5.74, 6) is 1.09. The van der Waals surface area contributed by atoms with Crippen molar-refractivity contribution in [3.8, 4) is 34.9 Å². The van der Waals surface area contributed by atoms with Gasteiger partial charge in [0.15, 0.2) is 22.9 Å². The molecule has 0 spiro atoms. The zero-order chi connectivity index (χ0) is 22.8. The summed E-state index contributed by atoms with van der Waals surface area (Å²) in [5.41, 5.74) is 1.90. The fourth-order valence-electron chi connectivity index (χ4n) is 3.07. The van der Waals surface area contributed by atoms with Crippen LogP contribution in [0.3, 0.4) is 0 Å². The fraction of sp³-hybridized carbons (Fsp3) is 0.478. The van der Waals surface area contributed by atoms with Crippen molar-refractivity contribution in [1.29, 1.82) is 10.5 Å². The van der Waals surface area contributed by atoms with Crippen molar-refractivity contribution < 1.29 is 23.7 Å². The van der Waals surface area contributed by atoms with Crippen LogP contribution in [0.5, 0.6) is 11.5 Å². The van der Waals surface area contributed by atoms with Crippen LogP contribution in [0.25, 0.3) is 11.3 Å². The first-order chi connectivity index (χ1) is 15.6. The van der Waals surface area contributed by atoms with Crippen molar-refractivity contribution in [3.63, 3.8) is 0 Å². The SMILES string of the molecule is CC(C)c1nc(C#N)c(C#N)nc1-c1ccc2c(c1)OCCOCCOCCOCCO2. The van der Waals surface area contributed by atoms with Gasteiger partial charge in [0.05, 0.1) is 51.0 Å². The van der Waals surface area contributed by atoms with Gasteiger partial charge >= 0.3 is 0 Å². The summed E-state index contributed by atoms with van der Waals surface area (Å²) in [6.07, 6.45) is 0. The number of aromatic nitrogens is 2. The second kappa shape index (κ2) is 12.0. The third-order valence-corrected chi connectivity index (χ3v) is 4.61. The second-order valence-electron chi connectivity index (χ2n) is 7.23. The molecule has 0 fully saturated rings. The Kier molecular flexibility index (Phi) is 8.76. The number of hydrogen-bond acceptors (Lipinski definition) is 9. The number of fused-ring (bicyclic) bond motifs is 1. The van der Waals surface area contributed by atoms with E-state index in [1.165, 1.54) is 0 Å². The van der Waals surface area contributed by atoms with Gasteiger partial charge in [-0.3, -0.25) is 0 Å². The van der Waals surface area contributed by atoms with Crippen molar-refractivity contribution in [3.05, 3.63) is 35.3 Å². The molecule has 0 unspecified atom stereocenters. The van der Waals surface area contributed by atoms with Crippen LogP contribution in [0.2, 0.25) is 0 Å². The molecule has 0 aliphatic carbocycles. The van der Waals surface area contributed by atoms with Crippen molar-refractivity contribution in [2.24, 2.45) is 0 Å². The van der Waals surface area contributed by atoms with Gasteiger partial charge in [-0.15, -0.1) is 0 Å². The van der Waals surface area contributed by atoms with Gasteiger partial charge in [0, 0.05) is 5.56 Å². The average Bonchev–Trinajstić information content (AvgIpc) is 2.82. The van der Waals surface area contributed by atoms with Crippen LogP contribution in [0.1, 0.15) is 36.8 Å². The Labute approximate surface area is 187 Å². The molecule has 3 rings (SSSR count). The molecular weight excluding hydrogens is 412 g/mol. The normalized spacial score (nSPS) is 15.8. The molecular formula is C23H26N4O5. The van der Waals surface area contributed by atoms with E-state index in [1.807, 2.05) is 32.1 Å². The molecule has 1 aliphatic heterocycles. The van der Waals surface area contributed by atoms with E-state index in [4.69, 9.17) is 23.7 Å². The number of hydrogen-bond donors (Lipinski definition) is 0. The van der Waals surface area contributed by atoms with E-state index >= 15 is 0 Å². The molecule has 32 heavy (non-hydrogen) atoms. The van der Waals surface area contributed by atoms with Crippen molar-refractivity contribution in [1.82, 2.24) is 9.97 Å². The van der Waals surface area contributed by atoms with Gasteiger partial charge in [-0.2, -0.15) is 10.5 Å². The van der Waals surface area contributed by atoms with Crippen molar-refractivity contribution in [2.45, 2.75) is 19.8 Å². The standard InChI is InChI=1S/C23H26N4O5/c1-16(2)22-23(27-19(15-25)18(14-24)26-22)17-3-4-20-21(13-17)32-12-10-30-8-6-28-5-7-29-9-11-31-20/h3-4,13,16H,5-12H2,1-2H3. The molecule has 9 nitrogen and oxygen atoms in total. The predicted octanol–water partition coefficient (Wildman–Crippen LogP) is 2.83. The van der Waals surface area contributed by atoms with Gasteiger partial charge < -0.3 is 23.7 Å². The second-order valence-corrected chi connectivity index (χ2v) is 7.23. The molecule has 168 valence electrons. The summed E-state index contributed by atoms with van der Waals surface area (Å²) in [7, 11) is 0. The van der Waals surface area contributed by atoms with Gasteiger partial charge in [0.25, 0.3) is 0 Å². The Morgan fingerprint density at radius 3 is 1.84 bits per heavy atom. The first-order valence-electron chi connectivity index (χ1n) is 10.5. The topological polar surface area (TPSA) is 120 Å². The molecule has 2 heterocycles. The highest BCUT2D eigenvalue weighted by atomic mass is 16.6. The summed E-state index contributed by atoms with van der Waals surface area (Å²) < 4.78 is 28.2. The lowest BCUT2D eigenvalue weighted by Crippen LogP contribution is -2.13. The van der Waals surface area contributed by atoms with Crippen molar-refractivity contribution in [2.75, 3.05) is 52.9 Å². The minimum Gasteiger partial charge on any atom is -0.487 e. The van der Waals surface area contributed by atoms with Gasteiger partial charge in [0.1, 0.15) is 25.4 Å². The molecule has 1 aromatic carbocycles. The van der Waals surface area contributed by atoms with Crippen LogP contribution in [0.4, 0.5) is 0 Å². The minimum atomic E-state index is -0.00650. The maximum absolute atomic E-state index is 9.40. The van der Waals surface area contributed by atoms with Crippen LogP contribution in [0.15, 0.2) is 18.2 Å². The Bertz CT molecular complexity index is 997. The molecule has 0 N–H and O–H groups in total. The predicted molar refractivity (Wildman–Crippen MR) is 114 cm³/mol. The Morgan fingerprint density at radius 1 is 0.750 bits per heavy atom. The third kappa shape index (κ3) is 6.14. The Morgan fingerprint density at radius 2 is 1.28 bits per heavy atom. The summed E-state index contributed by atoms with van der Waals surface area (Å²) >= 11 is 0. The summed E-state index contributed by atoms with van der Waals surface area (Å²) in [6.45, 7) is 7.40. The lowest BCUT2D eigenvalue weighted by Gasteiger charge is -2.16. The quantitative estimate of drug-likeness (QED) is 0.697. The first-order valence-corrected chi connectivity index (χ1v) is 10.5. The molecule has 1 aromatic heterocycles. The number of benzene rings is 1. The molecule has 0 amide bonds. The van der Waals surface area contributed by atoms with Gasteiger partial charge in [-0.1, -0.05) is 13.8 Å². The van der Waals surface area contributed by atoms with Crippen LogP contribution in [0, 0.1) is 22.7 Å². The third-order valence-electron chi connectivity index (χ3n) is 4.61. The molecule has 0 saturated heterocycles. The number of nitrogens with zero attached hydrogens (tertiary/aromatic N) is 4. The highest BCUT2D eigenvalue weighted by Crippen LogP contribution is 2.35. The van der Waals surface area contributed by atoms with Crippen LogP contribution < -0.4 is 9.47 Å². The number of rotatable bonds is 2. The summed E-state index contributed by atoms with van der Waals surface area (Å²) in [4.78, 5) is 8.83. The van der Waals surface area contributed by atoms with E-state index in [1.54, 1.807) is 12.1 Å². The largest absolute Gasteiger partial charge is 0.487 e. The molecule has 0 bridgehead atoms. The fourth-order valence-corrected chi connectivity index (χ4v) is 3.07. The molecule has 0 saturated carbocycles. The lowest BCUT2D eigenvalue weighted by molar-refractivity contribution is 0.00708. The van der Waals surface area contributed by atoms with Gasteiger partial charge in [-0.05, 0) is 24.1 Å². The molecule has 9 heteroatoms. The highest BCUT2D eigenvalue weighted by molar-refractivity contribution is 5.67. The van der Waals surface area contributed by atoms with Crippen LogP contribution >= 0.6 is 0 Å². The van der Waals surface area contributed by atoms with Gasteiger partial charge in [0.2, 0.25) is 0 Å². The van der Waals surface area contributed by atoms with E-state index in [-0.39, 0.29) is 17.3 Å². The van der Waals surface area contributed by atoms with E-state index < -0.39 is 0 Å². The molecule has 2 aromatic rings. The maximum Gasteiger partial charge on any atom is 0.177 e. The monoisotopic (exact) mass is 438 g/mol. The molecule has 0 atom stereocenters. The zero-order valence-electron chi connectivity index (χ0n) is 18.3. The molecule has 1 aliphatic rings. The lowest BCUT2D eigenvalue weighted by atomic mass is 10.0. The minimum absolute atomic E-state index is 0.000108. The van der Waals surface area contributed by atoms with E-state index in [9.17, 15) is 10.5 Å². The Hall–Kier alpha value is -3.24. The maximum atomic E-state index is 9.40. The van der Waals surface area contributed by atoms with E-state index in [0.29, 0.717) is 81.3 Å². The zero-order valence-corrected chi connectivity index (χ0v) is 18.3. The van der Waals surface area contributed by atoms with Gasteiger partial charge in [-0.25, -0.2) is 9.97 Å². The van der Waals surface area contributed by atoms with Crippen LogP contribution in [-0.2, 0) is 14.2 Å². The summed E-state index contributed by atoms with van der Waals surface area (Å²) in [6, 6.07) is 9.34.